The zero-order valence-electron chi connectivity index (χ0n) is 17.9. The number of rotatable bonds is 6. The molecule has 3 unspecified atom stereocenters. The summed E-state index contributed by atoms with van der Waals surface area (Å²) in [5, 5.41) is 40.1. The predicted molar refractivity (Wildman–Crippen MR) is 118 cm³/mol. The number of benzene rings is 3. The fourth-order valence-electron chi connectivity index (χ4n) is 4.50. The first kappa shape index (κ1) is 21.8. The van der Waals surface area contributed by atoms with E-state index in [0.717, 1.165) is 16.7 Å². The van der Waals surface area contributed by atoms with Crippen LogP contribution in [-0.2, 0) is 15.9 Å². The Kier molecular flexibility index (Phi) is 6.12. The van der Waals surface area contributed by atoms with Gasteiger partial charge in [0, 0.05) is 24.7 Å². The van der Waals surface area contributed by atoms with E-state index in [1.807, 2.05) is 6.07 Å². The molecular formula is C25H26O7. The number of ether oxygens (including phenoxy) is 3. The number of phenolic OH excluding ortho intramolecular Hbond substituents is 4. The molecule has 0 aromatic heterocycles. The van der Waals surface area contributed by atoms with Gasteiger partial charge in [-0.15, -0.1) is 0 Å². The average Bonchev–Trinajstić information content (AvgIpc) is 3.17. The molecule has 1 aliphatic rings. The highest BCUT2D eigenvalue weighted by Crippen LogP contribution is 2.45. The van der Waals surface area contributed by atoms with Crippen LogP contribution in [0.1, 0.15) is 17.0 Å². The molecule has 0 radical (unpaired) electrons. The lowest BCUT2D eigenvalue weighted by Gasteiger charge is -2.24. The summed E-state index contributed by atoms with van der Waals surface area (Å²) in [6.07, 6.45) is 0.0330. The van der Waals surface area contributed by atoms with Crippen molar-refractivity contribution >= 4 is 0 Å². The van der Waals surface area contributed by atoms with Gasteiger partial charge in [-0.2, -0.15) is 0 Å². The first-order valence-corrected chi connectivity index (χ1v) is 10.3. The molecule has 1 fully saturated rings. The standard InChI is InChI=1S/C25H26O7/c1-30-24-21(29)8-5-15(22(24)14-3-6-18(26)7-4-14)9-17-13-32-25(31-2)23(17)16-10-19(27)12-20(28)11-16/h3-8,10-12,17,23,25-29H,9,13H2,1-2H3. The Bertz CT molecular complexity index is 1070. The van der Waals surface area contributed by atoms with Crippen molar-refractivity contribution in [2.45, 2.75) is 18.6 Å². The molecule has 168 valence electrons. The zero-order chi connectivity index (χ0) is 22.8. The third-order valence-corrected chi connectivity index (χ3v) is 5.88. The van der Waals surface area contributed by atoms with Crippen molar-refractivity contribution in [1.82, 2.24) is 0 Å². The summed E-state index contributed by atoms with van der Waals surface area (Å²) < 4.78 is 16.9. The molecule has 0 amide bonds. The molecule has 32 heavy (non-hydrogen) atoms. The Labute approximate surface area is 186 Å². The summed E-state index contributed by atoms with van der Waals surface area (Å²) in [6.45, 7) is 0.414. The summed E-state index contributed by atoms with van der Waals surface area (Å²) >= 11 is 0. The van der Waals surface area contributed by atoms with Crippen LogP contribution in [0, 0.1) is 5.92 Å². The molecule has 1 heterocycles. The van der Waals surface area contributed by atoms with Crippen molar-refractivity contribution in [2.75, 3.05) is 20.8 Å². The normalized spacial score (nSPS) is 20.4. The van der Waals surface area contributed by atoms with Gasteiger partial charge in [0.2, 0.25) is 0 Å². The quantitative estimate of drug-likeness (QED) is 0.458. The smallest absolute Gasteiger partial charge is 0.168 e. The van der Waals surface area contributed by atoms with Crippen molar-refractivity contribution in [1.29, 1.82) is 0 Å². The molecule has 0 bridgehead atoms. The molecule has 0 spiro atoms. The van der Waals surface area contributed by atoms with Crippen LogP contribution >= 0.6 is 0 Å². The Morgan fingerprint density at radius 3 is 2.19 bits per heavy atom. The predicted octanol–water partition coefficient (Wildman–Crippen LogP) is 4.13. The van der Waals surface area contributed by atoms with Crippen molar-refractivity contribution in [3.63, 3.8) is 0 Å². The highest BCUT2D eigenvalue weighted by Gasteiger charge is 2.39. The zero-order valence-corrected chi connectivity index (χ0v) is 17.9. The minimum absolute atomic E-state index is 0.0196. The van der Waals surface area contributed by atoms with Gasteiger partial charge in [-0.05, 0) is 59.4 Å². The van der Waals surface area contributed by atoms with Crippen LogP contribution in [0.4, 0.5) is 0 Å². The Balaban J connectivity index is 1.76. The maximum Gasteiger partial charge on any atom is 0.168 e. The van der Waals surface area contributed by atoms with Gasteiger partial charge >= 0.3 is 0 Å². The number of hydrogen-bond donors (Lipinski definition) is 4. The van der Waals surface area contributed by atoms with E-state index in [1.54, 1.807) is 49.6 Å². The topological polar surface area (TPSA) is 109 Å². The molecule has 3 atom stereocenters. The molecule has 4 rings (SSSR count). The first-order valence-electron chi connectivity index (χ1n) is 10.3. The average molecular weight is 438 g/mol. The van der Waals surface area contributed by atoms with E-state index < -0.39 is 6.29 Å². The largest absolute Gasteiger partial charge is 0.508 e. The van der Waals surface area contributed by atoms with E-state index in [0.29, 0.717) is 24.3 Å². The van der Waals surface area contributed by atoms with Crippen molar-refractivity contribution in [3.8, 4) is 39.9 Å². The van der Waals surface area contributed by atoms with Crippen LogP contribution in [0.2, 0.25) is 0 Å². The molecule has 4 N–H and O–H groups in total. The maximum atomic E-state index is 10.4. The van der Waals surface area contributed by atoms with Crippen molar-refractivity contribution in [3.05, 3.63) is 65.7 Å². The summed E-state index contributed by atoms with van der Waals surface area (Å²) in [5.41, 5.74) is 3.16. The van der Waals surface area contributed by atoms with Gasteiger partial charge < -0.3 is 34.6 Å². The molecule has 7 heteroatoms. The fourth-order valence-corrected chi connectivity index (χ4v) is 4.50. The highest BCUT2D eigenvalue weighted by atomic mass is 16.7. The second-order valence-electron chi connectivity index (χ2n) is 7.91. The lowest BCUT2D eigenvalue weighted by Crippen LogP contribution is -2.21. The van der Waals surface area contributed by atoms with Crippen LogP contribution in [0.25, 0.3) is 11.1 Å². The summed E-state index contributed by atoms with van der Waals surface area (Å²) in [4.78, 5) is 0. The van der Waals surface area contributed by atoms with E-state index in [4.69, 9.17) is 14.2 Å². The van der Waals surface area contributed by atoms with Crippen molar-refractivity contribution in [2.24, 2.45) is 5.92 Å². The van der Waals surface area contributed by atoms with E-state index in [-0.39, 0.29) is 34.8 Å². The lowest BCUT2D eigenvalue weighted by molar-refractivity contribution is -0.0963. The molecule has 0 saturated carbocycles. The molecule has 1 aliphatic heterocycles. The first-order chi connectivity index (χ1) is 15.4. The minimum atomic E-state index is -0.530. The summed E-state index contributed by atoms with van der Waals surface area (Å²) in [5.74, 6) is 0.184. The van der Waals surface area contributed by atoms with E-state index in [9.17, 15) is 20.4 Å². The lowest BCUT2D eigenvalue weighted by atomic mass is 9.82. The van der Waals surface area contributed by atoms with Gasteiger partial charge in [0.05, 0.1) is 13.7 Å². The van der Waals surface area contributed by atoms with Gasteiger partial charge in [0.25, 0.3) is 0 Å². The van der Waals surface area contributed by atoms with Crippen LogP contribution in [0.5, 0.6) is 28.7 Å². The molecule has 1 saturated heterocycles. The molecule has 3 aromatic rings. The maximum absolute atomic E-state index is 10.4. The second kappa shape index (κ2) is 8.98. The third-order valence-electron chi connectivity index (χ3n) is 5.88. The summed E-state index contributed by atoms with van der Waals surface area (Å²) in [7, 11) is 3.06. The van der Waals surface area contributed by atoms with E-state index in [2.05, 4.69) is 0 Å². The van der Waals surface area contributed by atoms with Crippen LogP contribution in [-0.4, -0.2) is 47.5 Å². The fraction of sp³-hybridized carbons (Fsp3) is 0.280. The Morgan fingerprint density at radius 2 is 1.56 bits per heavy atom. The van der Waals surface area contributed by atoms with Gasteiger partial charge in [-0.3, -0.25) is 0 Å². The monoisotopic (exact) mass is 438 g/mol. The molecular weight excluding hydrogens is 412 g/mol. The molecule has 3 aromatic carbocycles. The minimum Gasteiger partial charge on any atom is -0.508 e. The number of aromatic hydroxyl groups is 4. The number of methoxy groups -OCH3 is 2. The SMILES string of the molecule is COc1c(O)ccc(CC2COC(OC)C2c2cc(O)cc(O)c2)c1-c1ccc(O)cc1. The Morgan fingerprint density at radius 1 is 0.875 bits per heavy atom. The number of phenols is 4. The second-order valence-corrected chi connectivity index (χ2v) is 7.91. The van der Waals surface area contributed by atoms with Gasteiger partial charge in [-0.25, -0.2) is 0 Å². The van der Waals surface area contributed by atoms with Crippen LogP contribution < -0.4 is 4.74 Å². The van der Waals surface area contributed by atoms with Crippen LogP contribution in [0.15, 0.2) is 54.6 Å². The van der Waals surface area contributed by atoms with E-state index in [1.165, 1.54) is 13.2 Å². The van der Waals surface area contributed by atoms with Crippen LogP contribution in [0.3, 0.4) is 0 Å². The Hall–Kier alpha value is -3.42. The molecule has 0 aliphatic carbocycles. The molecule has 7 nitrogen and oxygen atoms in total. The highest BCUT2D eigenvalue weighted by molar-refractivity contribution is 5.77. The number of hydrogen-bond acceptors (Lipinski definition) is 7. The third kappa shape index (κ3) is 4.17. The van der Waals surface area contributed by atoms with Gasteiger partial charge in [0.15, 0.2) is 17.8 Å². The van der Waals surface area contributed by atoms with Gasteiger partial charge in [0.1, 0.15) is 17.2 Å². The summed E-state index contributed by atoms with van der Waals surface area (Å²) in [6, 6.07) is 14.6. The van der Waals surface area contributed by atoms with Crippen molar-refractivity contribution < 1.29 is 34.6 Å². The van der Waals surface area contributed by atoms with Gasteiger partial charge in [-0.1, -0.05) is 18.2 Å². The van der Waals surface area contributed by atoms with E-state index >= 15 is 0 Å².